The first-order valence-corrected chi connectivity index (χ1v) is 11.2. The zero-order chi connectivity index (χ0) is 23.5. The molecule has 3 atom stereocenters. The van der Waals surface area contributed by atoms with Crippen molar-refractivity contribution in [1.82, 2.24) is 15.8 Å². The molecule has 1 saturated heterocycles. The highest BCUT2D eigenvalue weighted by atomic mass is 35.5. The van der Waals surface area contributed by atoms with Gasteiger partial charge in [-0.2, -0.15) is 0 Å². The van der Waals surface area contributed by atoms with Crippen molar-refractivity contribution in [3.05, 3.63) is 74.8 Å². The Balaban J connectivity index is 1.50. The third-order valence-electron chi connectivity index (χ3n) is 6.32. The number of nitrogens with zero attached hydrogens (tertiary/aromatic N) is 2. The number of non-ortho nitro benzene ring substituents is 1. The van der Waals surface area contributed by atoms with Crippen LogP contribution in [0.15, 0.2) is 48.5 Å². The number of likely N-dealkylation sites (tertiary alicyclic amines) is 1. The zero-order valence-electron chi connectivity index (χ0n) is 17.7. The fourth-order valence-electron chi connectivity index (χ4n) is 4.79. The number of carbonyl (C=O) groups excluding carboxylic acids is 3. The summed E-state index contributed by atoms with van der Waals surface area (Å²) in [6.07, 6.45) is 4.31. The number of hydrazine groups is 1. The molecule has 3 unspecified atom stereocenters. The Labute approximate surface area is 195 Å². The summed E-state index contributed by atoms with van der Waals surface area (Å²) >= 11 is 6.07. The lowest BCUT2D eigenvalue weighted by Gasteiger charge is -2.33. The highest BCUT2D eigenvalue weighted by Gasteiger charge is 2.47. The molecule has 0 bridgehead atoms. The first-order chi connectivity index (χ1) is 15.8. The number of amides is 3. The van der Waals surface area contributed by atoms with Crippen LogP contribution in [0.2, 0.25) is 5.02 Å². The molecule has 2 fully saturated rings. The van der Waals surface area contributed by atoms with Crippen molar-refractivity contribution in [2.24, 2.45) is 5.92 Å². The van der Waals surface area contributed by atoms with Crippen molar-refractivity contribution in [3.63, 3.8) is 0 Å². The summed E-state index contributed by atoms with van der Waals surface area (Å²) in [7, 11) is 0. The smallest absolute Gasteiger partial charge is 0.270 e. The first-order valence-electron chi connectivity index (χ1n) is 10.8. The molecular weight excluding hydrogens is 448 g/mol. The van der Waals surface area contributed by atoms with Gasteiger partial charge in [0.1, 0.15) is 6.04 Å². The van der Waals surface area contributed by atoms with Gasteiger partial charge < -0.3 is 4.90 Å². The number of hydrogen-bond acceptors (Lipinski definition) is 5. The Hall–Kier alpha value is -3.46. The molecule has 10 heteroatoms. The number of rotatable bonds is 4. The van der Waals surface area contributed by atoms with E-state index in [1.54, 1.807) is 29.2 Å². The van der Waals surface area contributed by atoms with E-state index in [1.807, 2.05) is 0 Å². The first kappa shape index (κ1) is 22.7. The number of halogens is 1. The molecule has 1 saturated carbocycles. The standard InChI is InChI=1S/C23H23ClN4O5/c24-17-8-3-7-16(11-17)23(31)27-19-10-2-1-5-14(19)13-20(27)22(30)26-25-21(29)15-6-4-9-18(12-15)28(32)33/h3-4,6-9,11-12,14,19-20H,1-2,5,10,13H2,(H,25,29)(H,26,30). The van der Waals surface area contributed by atoms with Gasteiger partial charge in [0.05, 0.1) is 4.92 Å². The molecule has 3 amide bonds. The minimum Gasteiger partial charge on any atom is -0.323 e. The molecule has 0 spiro atoms. The summed E-state index contributed by atoms with van der Waals surface area (Å²) in [6.45, 7) is 0. The van der Waals surface area contributed by atoms with Crippen molar-refractivity contribution in [1.29, 1.82) is 0 Å². The van der Waals surface area contributed by atoms with Gasteiger partial charge >= 0.3 is 0 Å². The van der Waals surface area contributed by atoms with Crippen LogP contribution >= 0.6 is 11.6 Å². The molecule has 1 heterocycles. The number of nitro groups is 1. The number of benzene rings is 2. The van der Waals surface area contributed by atoms with Gasteiger partial charge in [-0.25, -0.2) is 0 Å². The van der Waals surface area contributed by atoms with Crippen LogP contribution in [0, 0.1) is 16.0 Å². The topological polar surface area (TPSA) is 122 Å². The minimum absolute atomic E-state index is 0.0384. The maximum Gasteiger partial charge on any atom is 0.270 e. The van der Waals surface area contributed by atoms with Crippen LogP contribution in [0.25, 0.3) is 0 Å². The van der Waals surface area contributed by atoms with E-state index in [1.165, 1.54) is 18.2 Å². The van der Waals surface area contributed by atoms with Gasteiger partial charge in [-0.3, -0.25) is 35.3 Å². The second-order valence-electron chi connectivity index (χ2n) is 8.34. The molecule has 1 aliphatic heterocycles. The number of nitrogens with one attached hydrogen (secondary N) is 2. The second-order valence-corrected chi connectivity index (χ2v) is 8.77. The predicted molar refractivity (Wildman–Crippen MR) is 120 cm³/mol. The number of nitro benzene ring substituents is 1. The number of carbonyl (C=O) groups is 3. The predicted octanol–water partition coefficient (Wildman–Crippen LogP) is 3.48. The van der Waals surface area contributed by atoms with E-state index in [2.05, 4.69) is 10.9 Å². The van der Waals surface area contributed by atoms with Gasteiger partial charge in [0, 0.05) is 34.3 Å². The van der Waals surface area contributed by atoms with Gasteiger partial charge in [0.15, 0.2) is 0 Å². The Morgan fingerprint density at radius 2 is 1.73 bits per heavy atom. The summed E-state index contributed by atoms with van der Waals surface area (Å²) in [4.78, 5) is 50.8. The zero-order valence-corrected chi connectivity index (χ0v) is 18.5. The van der Waals surface area contributed by atoms with Gasteiger partial charge in [-0.15, -0.1) is 0 Å². The van der Waals surface area contributed by atoms with Gasteiger partial charge in [0.25, 0.3) is 23.4 Å². The Kier molecular flexibility index (Phi) is 6.60. The van der Waals surface area contributed by atoms with Gasteiger partial charge in [-0.05, 0) is 49.4 Å². The van der Waals surface area contributed by atoms with Crippen molar-refractivity contribution in [2.75, 3.05) is 0 Å². The van der Waals surface area contributed by atoms with E-state index in [9.17, 15) is 24.5 Å². The molecule has 9 nitrogen and oxygen atoms in total. The summed E-state index contributed by atoms with van der Waals surface area (Å²) in [5.41, 5.74) is 4.93. The lowest BCUT2D eigenvalue weighted by atomic mass is 9.84. The average molecular weight is 471 g/mol. The van der Waals surface area contributed by atoms with Crippen molar-refractivity contribution in [3.8, 4) is 0 Å². The average Bonchev–Trinajstić information content (AvgIpc) is 3.21. The minimum atomic E-state index is -0.741. The fraction of sp³-hybridized carbons (Fsp3) is 0.348. The normalized spacial score (nSPS) is 21.7. The van der Waals surface area contributed by atoms with E-state index in [4.69, 9.17) is 11.6 Å². The van der Waals surface area contributed by atoms with Crippen LogP contribution < -0.4 is 10.9 Å². The molecule has 1 aliphatic carbocycles. The maximum atomic E-state index is 13.4. The maximum absolute atomic E-state index is 13.4. The summed E-state index contributed by atoms with van der Waals surface area (Å²) in [6, 6.07) is 11.0. The Morgan fingerprint density at radius 1 is 1.00 bits per heavy atom. The van der Waals surface area contributed by atoms with Gasteiger partial charge in [-0.1, -0.05) is 36.6 Å². The van der Waals surface area contributed by atoms with E-state index in [0.29, 0.717) is 17.0 Å². The van der Waals surface area contributed by atoms with E-state index in [-0.39, 0.29) is 29.1 Å². The fourth-order valence-corrected chi connectivity index (χ4v) is 4.98. The molecule has 33 heavy (non-hydrogen) atoms. The molecule has 2 aromatic rings. The van der Waals surface area contributed by atoms with Crippen molar-refractivity contribution in [2.45, 2.75) is 44.2 Å². The van der Waals surface area contributed by atoms with Gasteiger partial charge in [0.2, 0.25) is 0 Å². The largest absolute Gasteiger partial charge is 0.323 e. The van der Waals surface area contributed by atoms with Crippen LogP contribution in [0.4, 0.5) is 5.69 Å². The highest BCUT2D eigenvalue weighted by molar-refractivity contribution is 6.31. The molecule has 172 valence electrons. The molecule has 0 radical (unpaired) electrons. The summed E-state index contributed by atoms with van der Waals surface area (Å²) in [5, 5.41) is 11.4. The van der Waals surface area contributed by atoms with E-state index in [0.717, 1.165) is 31.7 Å². The third-order valence-corrected chi connectivity index (χ3v) is 6.55. The molecule has 2 aromatic carbocycles. The second kappa shape index (κ2) is 9.58. The quantitative estimate of drug-likeness (QED) is 0.523. The van der Waals surface area contributed by atoms with E-state index < -0.39 is 22.8 Å². The molecule has 2 N–H and O–H groups in total. The lowest BCUT2D eigenvalue weighted by molar-refractivity contribution is -0.384. The monoisotopic (exact) mass is 470 g/mol. The molecule has 0 aromatic heterocycles. The summed E-state index contributed by atoms with van der Waals surface area (Å²) < 4.78 is 0. The Bertz CT molecular complexity index is 1110. The molecular formula is C23H23ClN4O5. The lowest BCUT2D eigenvalue weighted by Crippen LogP contribution is -2.53. The number of hydrogen-bond donors (Lipinski definition) is 2. The van der Waals surface area contributed by atoms with Crippen LogP contribution in [0.5, 0.6) is 0 Å². The van der Waals surface area contributed by atoms with Crippen LogP contribution in [-0.4, -0.2) is 39.6 Å². The summed E-state index contributed by atoms with van der Waals surface area (Å²) in [5.74, 6) is -1.24. The SMILES string of the molecule is O=C(NNC(=O)C1CC2CCCCC2N1C(=O)c1cccc(Cl)c1)c1cccc([N+](=O)[O-])c1. The molecule has 2 aliphatic rings. The number of fused-ring (bicyclic) bond motifs is 1. The molecule has 4 rings (SSSR count). The van der Waals surface area contributed by atoms with Crippen LogP contribution in [-0.2, 0) is 4.79 Å². The van der Waals surface area contributed by atoms with Crippen LogP contribution in [0.1, 0.15) is 52.8 Å². The third kappa shape index (κ3) is 4.83. The van der Waals surface area contributed by atoms with Crippen molar-refractivity contribution < 1.29 is 19.3 Å². The van der Waals surface area contributed by atoms with Crippen LogP contribution in [0.3, 0.4) is 0 Å². The van der Waals surface area contributed by atoms with Crippen molar-refractivity contribution >= 4 is 35.0 Å². The van der Waals surface area contributed by atoms with E-state index >= 15 is 0 Å². The highest BCUT2D eigenvalue weighted by Crippen LogP contribution is 2.40. The Morgan fingerprint density at radius 3 is 2.48 bits per heavy atom.